The molecular weight excluding hydrogens is 443 g/mol. The van der Waals surface area contributed by atoms with Crippen LogP contribution >= 0.6 is 7.14 Å². The maximum absolute atomic E-state index is 15.2. The molecule has 3 aromatic rings. The lowest BCUT2D eigenvalue weighted by molar-refractivity contribution is -0.146. The Hall–Kier alpha value is -3.10. The smallest absolute Gasteiger partial charge is 0.303 e. The number of benzene rings is 3. The van der Waals surface area contributed by atoms with E-state index in [0.29, 0.717) is 5.75 Å². The summed E-state index contributed by atoms with van der Waals surface area (Å²) in [5, 5.41) is 1.47. The maximum atomic E-state index is 15.2. The highest BCUT2D eigenvalue weighted by Crippen LogP contribution is 2.54. The van der Waals surface area contributed by atoms with Gasteiger partial charge in [0.05, 0.1) is 12.8 Å². The molecule has 2 atom stereocenters. The summed E-state index contributed by atoms with van der Waals surface area (Å²) in [5.74, 6) is 0.287. The van der Waals surface area contributed by atoms with Gasteiger partial charge in [-0.25, -0.2) is 0 Å². The molecule has 0 aliphatic carbocycles. The number of hydrogen-bond acceptors (Lipinski definition) is 4. The van der Waals surface area contributed by atoms with Gasteiger partial charge in [0.25, 0.3) is 0 Å². The molecule has 0 bridgehead atoms. The molecule has 4 nitrogen and oxygen atoms in total. The molecule has 0 aromatic heterocycles. The molecule has 0 aliphatic heterocycles. The summed E-state index contributed by atoms with van der Waals surface area (Å²) >= 11 is 0. The number of methoxy groups -OCH3 is 1. The highest BCUT2D eigenvalue weighted by molar-refractivity contribution is 7.79. The van der Waals surface area contributed by atoms with Gasteiger partial charge in [0, 0.05) is 17.5 Å². The zero-order valence-electron chi connectivity index (χ0n) is 20.1. The lowest BCUT2D eigenvalue weighted by Crippen LogP contribution is -2.31. The van der Waals surface area contributed by atoms with Crippen molar-refractivity contribution in [3.05, 3.63) is 103 Å². The van der Waals surface area contributed by atoms with E-state index < -0.39 is 24.9 Å². The highest BCUT2D eigenvalue weighted by atomic mass is 31.2. The number of ether oxygens (including phenoxy) is 2. The summed E-state index contributed by atoms with van der Waals surface area (Å²) < 4.78 is 26.5. The van der Waals surface area contributed by atoms with Gasteiger partial charge in [-0.3, -0.25) is 4.79 Å². The zero-order chi connectivity index (χ0) is 24.4. The molecule has 0 N–H and O–H groups in total. The summed E-state index contributed by atoms with van der Waals surface area (Å²) in [4.78, 5) is 12.3. The predicted molar refractivity (Wildman–Crippen MR) is 140 cm³/mol. The average Bonchev–Trinajstić information content (AvgIpc) is 2.88. The van der Waals surface area contributed by atoms with E-state index in [-0.39, 0.29) is 0 Å². The Labute approximate surface area is 203 Å². The van der Waals surface area contributed by atoms with Crippen LogP contribution in [0.2, 0.25) is 0 Å². The van der Waals surface area contributed by atoms with Gasteiger partial charge in [0.15, 0.2) is 7.14 Å². The second-order valence-electron chi connectivity index (χ2n) is 8.19. The third kappa shape index (κ3) is 6.07. The van der Waals surface area contributed by atoms with Crippen LogP contribution in [0.25, 0.3) is 0 Å². The summed E-state index contributed by atoms with van der Waals surface area (Å²) in [6.45, 7) is 3.54. The van der Waals surface area contributed by atoms with E-state index in [1.165, 1.54) is 6.92 Å². The SMILES string of the molecule is CCCC/C=C/[C@H]([C@@H](OC(C)=O)c1ccc(OC)cc1)P(=O)(c1ccccc1)c1ccccc1. The minimum Gasteiger partial charge on any atom is -0.497 e. The third-order valence-corrected chi connectivity index (χ3v) is 9.22. The molecule has 5 heteroatoms. The largest absolute Gasteiger partial charge is 0.497 e. The van der Waals surface area contributed by atoms with Crippen LogP contribution in [0, 0.1) is 0 Å². The van der Waals surface area contributed by atoms with Crippen molar-refractivity contribution in [2.45, 2.75) is 44.9 Å². The fraction of sp³-hybridized carbons (Fsp3) is 0.276. The summed E-state index contributed by atoms with van der Waals surface area (Å²) in [6.07, 6.45) is 6.31. The molecule has 0 spiro atoms. The number of carbonyl (C=O) groups excluding carboxylic acids is 1. The maximum Gasteiger partial charge on any atom is 0.303 e. The van der Waals surface area contributed by atoms with Crippen molar-refractivity contribution in [1.82, 2.24) is 0 Å². The summed E-state index contributed by atoms with van der Waals surface area (Å²) in [6, 6.07) is 26.5. The fourth-order valence-electron chi connectivity index (χ4n) is 4.07. The van der Waals surface area contributed by atoms with Gasteiger partial charge in [-0.1, -0.05) is 105 Å². The van der Waals surface area contributed by atoms with Crippen molar-refractivity contribution < 1.29 is 18.8 Å². The molecule has 0 radical (unpaired) electrons. The number of allylic oxidation sites excluding steroid dienone is 1. The van der Waals surface area contributed by atoms with Crippen LogP contribution < -0.4 is 15.3 Å². The number of carbonyl (C=O) groups is 1. The Balaban J connectivity index is 2.23. The fourth-order valence-corrected chi connectivity index (χ4v) is 7.27. The second-order valence-corrected chi connectivity index (χ2v) is 11.1. The first-order valence-corrected chi connectivity index (χ1v) is 13.5. The number of unbranched alkanes of at least 4 members (excludes halogenated alkanes) is 2. The minimum atomic E-state index is -3.27. The molecule has 178 valence electrons. The molecular formula is C29H33O4P. The van der Waals surface area contributed by atoms with Gasteiger partial charge in [0.2, 0.25) is 0 Å². The van der Waals surface area contributed by atoms with Crippen molar-refractivity contribution in [3.63, 3.8) is 0 Å². The number of hydrogen-bond donors (Lipinski definition) is 0. The first kappa shape index (κ1) is 25.5. The van der Waals surface area contributed by atoms with Gasteiger partial charge < -0.3 is 14.0 Å². The Morgan fingerprint density at radius 1 is 0.912 bits per heavy atom. The second kappa shape index (κ2) is 12.4. The minimum absolute atomic E-state index is 0.416. The Kier molecular flexibility index (Phi) is 9.30. The first-order valence-electron chi connectivity index (χ1n) is 11.7. The van der Waals surface area contributed by atoms with Crippen molar-refractivity contribution in [2.75, 3.05) is 7.11 Å². The lowest BCUT2D eigenvalue weighted by atomic mass is 10.0. The highest BCUT2D eigenvalue weighted by Gasteiger charge is 2.42. The normalized spacial score (nSPS) is 13.4. The predicted octanol–water partition coefficient (Wildman–Crippen LogP) is 6.43. The Morgan fingerprint density at radius 3 is 1.94 bits per heavy atom. The van der Waals surface area contributed by atoms with Gasteiger partial charge in [0.1, 0.15) is 11.9 Å². The standard InChI is InChI=1S/C29H33O4P/c1-4-5-6-13-18-28(29(33-23(2)30)24-19-21-25(32-3)22-20-24)34(31,26-14-9-7-10-15-26)27-16-11-8-12-17-27/h7-22,28-29H,4-6H2,1-3H3/b18-13+/t28-,29+/m1/s1. The van der Waals surface area contributed by atoms with Crippen LogP contribution in [0.4, 0.5) is 0 Å². The van der Waals surface area contributed by atoms with E-state index in [1.54, 1.807) is 7.11 Å². The lowest BCUT2D eigenvalue weighted by Gasteiger charge is -2.33. The van der Waals surface area contributed by atoms with Crippen LogP contribution in [0.5, 0.6) is 5.75 Å². The summed E-state index contributed by atoms with van der Waals surface area (Å²) in [5.41, 5.74) is 0.194. The zero-order valence-corrected chi connectivity index (χ0v) is 21.0. The van der Waals surface area contributed by atoms with E-state index in [9.17, 15) is 4.79 Å². The van der Waals surface area contributed by atoms with Crippen molar-refractivity contribution in [1.29, 1.82) is 0 Å². The van der Waals surface area contributed by atoms with Crippen LogP contribution in [0.3, 0.4) is 0 Å². The van der Waals surface area contributed by atoms with E-state index in [0.717, 1.165) is 35.4 Å². The van der Waals surface area contributed by atoms with Gasteiger partial charge in [-0.2, -0.15) is 0 Å². The van der Waals surface area contributed by atoms with Gasteiger partial charge in [-0.05, 0) is 24.1 Å². The quantitative estimate of drug-likeness (QED) is 0.139. The topological polar surface area (TPSA) is 52.6 Å². The Bertz CT molecular complexity index is 1060. The van der Waals surface area contributed by atoms with Gasteiger partial charge >= 0.3 is 5.97 Å². The van der Waals surface area contributed by atoms with Crippen LogP contribution in [0.15, 0.2) is 97.1 Å². The number of rotatable bonds is 11. The van der Waals surface area contributed by atoms with Crippen molar-refractivity contribution in [2.24, 2.45) is 0 Å². The molecule has 3 aromatic carbocycles. The molecule has 0 heterocycles. The van der Waals surface area contributed by atoms with Crippen molar-refractivity contribution >= 4 is 23.7 Å². The van der Waals surface area contributed by atoms with E-state index in [4.69, 9.17) is 9.47 Å². The molecule has 3 rings (SSSR count). The summed E-state index contributed by atoms with van der Waals surface area (Å²) in [7, 11) is -1.67. The van der Waals surface area contributed by atoms with Crippen LogP contribution in [0.1, 0.15) is 44.8 Å². The average molecular weight is 477 g/mol. The molecule has 34 heavy (non-hydrogen) atoms. The molecule has 0 unspecified atom stereocenters. The van der Waals surface area contributed by atoms with Crippen LogP contribution in [-0.4, -0.2) is 18.7 Å². The van der Waals surface area contributed by atoms with Gasteiger partial charge in [-0.15, -0.1) is 0 Å². The van der Waals surface area contributed by atoms with E-state index >= 15 is 4.57 Å². The van der Waals surface area contributed by atoms with Crippen molar-refractivity contribution in [3.8, 4) is 5.75 Å². The molecule has 0 fully saturated rings. The molecule has 0 aliphatic rings. The number of esters is 1. The van der Waals surface area contributed by atoms with E-state index in [2.05, 4.69) is 13.0 Å². The molecule has 0 amide bonds. The molecule has 0 saturated heterocycles. The molecule has 0 saturated carbocycles. The first-order chi connectivity index (χ1) is 16.5. The Morgan fingerprint density at radius 2 is 1.47 bits per heavy atom. The third-order valence-electron chi connectivity index (χ3n) is 5.80. The van der Waals surface area contributed by atoms with E-state index in [1.807, 2.05) is 91.0 Å². The monoisotopic (exact) mass is 476 g/mol. The van der Waals surface area contributed by atoms with Crippen LogP contribution in [-0.2, 0) is 14.1 Å².